The molecule has 4 rings (SSSR count). The lowest BCUT2D eigenvalue weighted by Crippen LogP contribution is -2.12. The van der Waals surface area contributed by atoms with Crippen LogP contribution in [-0.4, -0.2) is 15.9 Å². The molecule has 0 atom stereocenters. The molecule has 0 radical (unpaired) electrons. The summed E-state index contributed by atoms with van der Waals surface area (Å²) in [4.78, 5) is 20.7. The normalized spacial score (nSPS) is 10.7. The van der Waals surface area contributed by atoms with Gasteiger partial charge < -0.3 is 9.73 Å². The van der Waals surface area contributed by atoms with E-state index in [-0.39, 0.29) is 5.91 Å². The second kappa shape index (κ2) is 5.96. The molecule has 2 aromatic carbocycles. The van der Waals surface area contributed by atoms with E-state index in [1.165, 1.54) is 6.39 Å². The van der Waals surface area contributed by atoms with Crippen LogP contribution in [0.2, 0.25) is 0 Å². The number of para-hydroxylation sites is 1. The minimum absolute atomic E-state index is 0.207. The summed E-state index contributed by atoms with van der Waals surface area (Å²) in [7, 11) is 0. The van der Waals surface area contributed by atoms with Gasteiger partial charge in [0.1, 0.15) is 5.82 Å². The van der Waals surface area contributed by atoms with E-state index < -0.39 is 0 Å². The number of oxazole rings is 1. The monoisotopic (exact) mass is 315 g/mol. The predicted octanol–water partition coefficient (Wildman–Crippen LogP) is 4.14. The van der Waals surface area contributed by atoms with Crippen LogP contribution in [0.15, 0.2) is 77.7 Å². The van der Waals surface area contributed by atoms with Gasteiger partial charge in [-0.05, 0) is 30.3 Å². The zero-order valence-electron chi connectivity index (χ0n) is 12.6. The molecular formula is C19H13N3O2. The summed E-state index contributed by atoms with van der Waals surface area (Å²) >= 11 is 0. The van der Waals surface area contributed by atoms with E-state index >= 15 is 0 Å². The fourth-order valence-electron chi connectivity index (χ4n) is 2.47. The highest BCUT2D eigenvalue weighted by molar-refractivity contribution is 6.04. The highest BCUT2D eigenvalue weighted by Gasteiger charge is 2.08. The molecule has 0 saturated carbocycles. The van der Waals surface area contributed by atoms with E-state index in [1.54, 1.807) is 24.4 Å². The van der Waals surface area contributed by atoms with Gasteiger partial charge in [-0.25, -0.2) is 9.97 Å². The Bertz CT molecular complexity index is 993. The number of carbonyl (C=O) groups is 1. The van der Waals surface area contributed by atoms with Crippen molar-refractivity contribution < 1.29 is 9.21 Å². The number of aromatic nitrogens is 2. The van der Waals surface area contributed by atoms with E-state index in [0.29, 0.717) is 17.1 Å². The molecule has 0 spiro atoms. The summed E-state index contributed by atoms with van der Waals surface area (Å²) in [6.07, 6.45) is 3.01. The van der Waals surface area contributed by atoms with Crippen molar-refractivity contribution in [3.05, 3.63) is 78.8 Å². The molecule has 0 fully saturated rings. The van der Waals surface area contributed by atoms with Crippen LogP contribution in [0, 0.1) is 0 Å². The smallest absolute Gasteiger partial charge is 0.256 e. The molecule has 4 aromatic rings. The zero-order chi connectivity index (χ0) is 16.4. The van der Waals surface area contributed by atoms with Gasteiger partial charge in [0.05, 0.1) is 11.7 Å². The van der Waals surface area contributed by atoms with Crippen molar-refractivity contribution in [2.75, 3.05) is 5.32 Å². The van der Waals surface area contributed by atoms with Crippen LogP contribution in [0.1, 0.15) is 10.4 Å². The van der Waals surface area contributed by atoms with Gasteiger partial charge in [-0.3, -0.25) is 4.79 Å². The third-order valence-electron chi connectivity index (χ3n) is 3.70. The Balaban J connectivity index is 1.54. The zero-order valence-corrected chi connectivity index (χ0v) is 12.6. The predicted molar refractivity (Wildman–Crippen MR) is 91.6 cm³/mol. The number of hydrogen-bond acceptors (Lipinski definition) is 4. The Kier molecular flexibility index (Phi) is 3.51. The second-order valence-corrected chi connectivity index (χ2v) is 5.29. The molecule has 0 bridgehead atoms. The third kappa shape index (κ3) is 2.75. The number of carbonyl (C=O) groups excluding carboxylic acids is 1. The molecule has 0 unspecified atom stereocenters. The van der Waals surface area contributed by atoms with Crippen LogP contribution in [0.4, 0.5) is 5.82 Å². The number of benzene rings is 2. The fourth-order valence-corrected chi connectivity index (χ4v) is 2.47. The van der Waals surface area contributed by atoms with Crippen LogP contribution < -0.4 is 5.32 Å². The molecule has 2 aromatic heterocycles. The third-order valence-corrected chi connectivity index (χ3v) is 3.70. The van der Waals surface area contributed by atoms with Crippen LogP contribution in [-0.2, 0) is 0 Å². The minimum atomic E-state index is -0.207. The summed E-state index contributed by atoms with van der Waals surface area (Å²) in [5.41, 5.74) is 2.26. The van der Waals surface area contributed by atoms with Gasteiger partial charge in [-0.1, -0.05) is 30.3 Å². The number of nitrogens with zero attached hydrogens (tertiary/aromatic N) is 2. The Labute approximate surface area is 138 Å². The maximum Gasteiger partial charge on any atom is 0.256 e. The molecule has 116 valence electrons. The number of amides is 1. The van der Waals surface area contributed by atoms with E-state index in [4.69, 9.17) is 4.42 Å². The van der Waals surface area contributed by atoms with Crippen LogP contribution >= 0.6 is 0 Å². The van der Waals surface area contributed by atoms with Crippen molar-refractivity contribution in [1.29, 1.82) is 0 Å². The van der Waals surface area contributed by atoms with Gasteiger partial charge in [0.2, 0.25) is 0 Å². The van der Waals surface area contributed by atoms with E-state index in [0.717, 1.165) is 16.5 Å². The lowest BCUT2D eigenvalue weighted by molar-refractivity contribution is 0.102. The molecule has 1 amide bonds. The van der Waals surface area contributed by atoms with Gasteiger partial charge in [-0.2, -0.15) is 0 Å². The molecular weight excluding hydrogens is 302 g/mol. The molecule has 0 aliphatic carbocycles. The Morgan fingerprint density at radius 3 is 2.58 bits per heavy atom. The van der Waals surface area contributed by atoms with Crippen molar-refractivity contribution in [3.63, 3.8) is 0 Å². The maximum atomic E-state index is 12.4. The molecule has 1 N–H and O–H groups in total. The highest BCUT2D eigenvalue weighted by Crippen LogP contribution is 2.20. The molecule has 0 aliphatic heterocycles. The van der Waals surface area contributed by atoms with Crippen LogP contribution in [0.3, 0.4) is 0 Å². The summed E-state index contributed by atoms with van der Waals surface area (Å²) < 4.78 is 5.23. The Morgan fingerprint density at radius 2 is 1.79 bits per heavy atom. The number of rotatable bonds is 3. The van der Waals surface area contributed by atoms with E-state index in [9.17, 15) is 4.79 Å². The van der Waals surface area contributed by atoms with Gasteiger partial charge in [0.15, 0.2) is 12.2 Å². The maximum absolute atomic E-state index is 12.4. The van der Waals surface area contributed by atoms with Crippen molar-refractivity contribution in [2.24, 2.45) is 0 Å². The van der Waals surface area contributed by atoms with Crippen LogP contribution in [0.25, 0.3) is 22.2 Å². The van der Waals surface area contributed by atoms with Gasteiger partial charge in [-0.15, -0.1) is 0 Å². The summed E-state index contributed by atoms with van der Waals surface area (Å²) in [5, 5.41) is 3.85. The van der Waals surface area contributed by atoms with Crippen molar-refractivity contribution in [2.45, 2.75) is 0 Å². The fraction of sp³-hybridized carbons (Fsp3) is 0. The molecule has 5 heteroatoms. The van der Waals surface area contributed by atoms with Crippen molar-refractivity contribution in [3.8, 4) is 11.3 Å². The molecule has 5 nitrogen and oxygen atoms in total. The van der Waals surface area contributed by atoms with Crippen molar-refractivity contribution >= 4 is 22.6 Å². The highest BCUT2D eigenvalue weighted by atomic mass is 16.3. The number of anilines is 1. The topological polar surface area (TPSA) is 68.0 Å². The molecule has 0 aliphatic rings. The average molecular weight is 315 g/mol. The minimum Gasteiger partial charge on any atom is -0.444 e. The first-order valence-electron chi connectivity index (χ1n) is 7.46. The lowest BCUT2D eigenvalue weighted by Gasteiger charge is -2.06. The number of pyridine rings is 1. The molecule has 2 heterocycles. The summed E-state index contributed by atoms with van der Waals surface area (Å²) in [5.74, 6) is 0.984. The summed E-state index contributed by atoms with van der Waals surface area (Å²) in [6, 6.07) is 18.6. The molecule has 24 heavy (non-hydrogen) atoms. The van der Waals surface area contributed by atoms with Gasteiger partial charge in [0.25, 0.3) is 5.91 Å². The first-order valence-corrected chi connectivity index (χ1v) is 7.46. The first-order chi connectivity index (χ1) is 11.8. The van der Waals surface area contributed by atoms with Crippen LogP contribution in [0.5, 0.6) is 0 Å². The first kappa shape index (κ1) is 14.1. The van der Waals surface area contributed by atoms with Gasteiger partial charge >= 0.3 is 0 Å². The summed E-state index contributed by atoms with van der Waals surface area (Å²) in [6.45, 7) is 0. The lowest BCUT2D eigenvalue weighted by atomic mass is 10.1. The number of hydrogen-bond donors (Lipinski definition) is 1. The molecule has 0 saturated heterocycles. The average Bonchev–Trinajstić information content (AvgIpc) is 3.16. The van der Waals surface area contributed by atoms with Gasteiger partial charge in [0, 0.05) is 16.5 Å². The Hall–Kier alpha value is -3.47. The van der Waals surface area contributed by atoms with E-state index in [2.05, 4.69) is 15.3 Å². The Morgan fingerprint density at radius 1 is 0.958 bits per heavy atom. The van der Waals surface area contributed by atoms with Crippen molar-refractivity contribution in [1.82, 2.24) is 9.97 Å². The van der Waals surface area contributed by atoms with E-state index in [1.807, 2.05) is 42.5 Å². The quantitative estimate of drug-likeness (QED) is 0.617. The number of nitrogens with one attached hydrogen (secondary N) is 1. The SMILES string of the molecule is O=C(Nc1ccc2ccccc2n1)c1ccc(-c2cnco2)cc1. The largest absolute Gasteiger partial charge is 0.444 e. The number of fused-ring (bicyclic) bond motifs is 1. The second-order valence-electron chi connectivity index (χ2n) is 5.29. The standard InChI is InChI=1S/C19H13N3O2/c23-19(15-7-5-14(6-8-15)17-11-20-12-24-17)22-18-10-9-13-3-1-2-4-16(13)21-18/h1-12H,(H,21,22,23).